The lowest BCUT2D eigenvalue weighted by Gasteiger charge is -2.16. The van der Waals surface area contributed by atoms with Crippen LogP contribution in [0.2, 0.25) is 0 Å². The molecule has 1 saturated carbocycles. The van der Waals surface area contributed by atoms with Crippen LogP contribution in [0.3, 0.4) is 0 Å². The Labute approximate surface area is 100 Å². The van der Waals surface area contributed by atoms with E-state index in [0.29, 0.717) is 0 Å². The summed E-state index contributed by atoms with van der Waals surface area (Å²) in [6.45, 7) is 8.76. The zero-order valence-corrected chi connectivity index (χ0v) is 11.2. The summed E-state index contributed by atoms with van der Waals surface area (Å²) in [5.41, 5.74) is 2.63. The topological polar surface area (TPSA) is 20.2 Å². The molecule has 92 valence electrons. The van der Waals surface area contributed by atoms with Crippen molar-refractivity contribution in [3.8, 4) is 0 Å². The Morgan fingerprint density at radius 3 is 2.44 bits per heavy atom. The van der Waals surface area contributed by atoms with Crippen LogP contribution in [0, 0.1) is 5.41 Å². The molecule has 1 nitrogen and oxygen atoms in total. The molecule has 16 heavy (non-hydrogen) atoms. The minimum absolute atomic E-state index is 0.176. The maximum absolute atomic E-state index is 10.2. The second-order valence-electron chi connectivity index (χ2n) is 5.91. The van der Waals surface area contributed by atoms with E-state index in [2.05, 4.69) is 39.8 Å². The normalized spacial score (nSPS) is 26.9. The highest BCUT2D eigenvalue weighted by molar-refractivity contribution is 5.31. The van der Waals surface area contributed by atoms with Crippen molar-refractivity contribution in [3.63, 3.8) is 0 Å². The summed E-state index contributed by atoms with van der Waals surface area (Å²) >= 11 is 0. The van der Waals surface area contributed by atoms with Gasteiger partial charge in [-0.1, -0.05) is 52.7 Å². The van der Waals surface area contributed by atoms with Gasteiger partial charge in [0.2, 0.25) is 0 Å². The molecule has 1 aliphatic carbocycles. The molecule has 0 radical (unpaired) electrons. The van der Waals surface area contributed by atoms with Gasteiger partial charge in [-0.3, -0.25) is 0 Å². The third-order valence-corrected chi connectivity index (χ3v) is 2.99. The first kappa shape index (κ1) is 13.5. The van der Waals surface area contributed by atoms with Crippen molar-refractivity contribution in [2.24, 2.45) is 5.41 Å². The van der Waals surface area contributed by atoms with Crippen molar-refractivity contribution in [1.29, 1.82) is 0 Å². The Balaban J connectivity index is 2.64. The van der Waals surface area contributed by atoms with Crippen LogP contribution in [-0.2, 0) is 0 Å². The molecular weight excluding hydrogens is 196 g/mol. The molecule has 0 amide bonds. The molecule has 1 heteroatoms. The van der Waals surface area contributed by atoms with E-state index in [0.717, 1.165) is 19.3 Å². The Morgan fingerprint density at radius 1 is 1.25 bits per heavy atom. The van der Waals surface area contributed by atoms with Gasteiger partial charge in [-0.15, -0.1) is 0 Å². The van der Waals surface area contributed by atoms with Gasteiger partial charge >= 0.3 is 0 Å². The van der Waals surface area contributed by atoms with Gasteiger partial charge in [-0.05, 0) is 35.8 Å². The van der Waals surface area contributed by atoms with E-state index in [1.807, 2.05) is 0 Å². The number of allylic oxidation sites excluding steroid dienone is 2. The van der Waals surface area contributed by atoms with Crippen molar-refractivity contribution < 1.29 is 5.11 Å². The van der Waals surface area contributed by atoms with E-state index in [9.17, 15) is 5.11 Å². The molecule has 1 fully saturated rings. The van der Waals surface area contributed by atoms with Gasteiger partial charge in [0.05, 0.1) is 6.10 Å². The second kappa shape index (κ2) is 5.67. The van der Waals surface area contributed by atoms with Crippen LogP contribution in [-0.4, -0.2) is 11.2 Å². The second-order valence-corrected chi connectivity index (χ2v) is 5.91. The average Bonchev–Trinajstić information content (AvgIpc) is 2.48. The fourth-order valence-corrected chi connectivity index (χ4v) is 2.21. The van der Waals surface area contributed by atoms with Crippen molar-refractivity contribution in [2.45, 2.75) is 65.9 Å². The van der Waals surface area contributed by atoms with E-state index in [1.165, 1.54) is 24.0 Å². The SMILES string of the molecule is CCCCC=C1CCC(=CC(C)(C)C)C1O. The predicted octanol–water partition coefficient (Wildman–Crippen LogP) is 4.23. The molecule has 0 aromatic rings. The smallest absolute Gasteiger partial charge is 0.0961 e. The van der Waals surface area contributed by atoms with Gasteiger partial charge in [-0.2, -0.15) is 0 Å². The lowest BCUT2D eigenvalue weighted by molar-refractivity contribution is 0.252. The van der Waals surface area contributed by atoms with E-state index >= 15 is 0 Å². The maximum Gasteiger partial charge on any atom is 0.0961 e. The van der Waals surface area contributed by atoms with Gasteiger partial charge in [0.15, 0.2) is 0 Å². The Morgan fingerprint density at radius 2 is 1.88 bits per heavy atom. The van der Waals surface area contributed by atoms with Crippen LogP contribution in [0.15, 0.2) is 23.3 Å². The fraction of sp³-hybridized carbons (Fsp3) is 0.733. The molecule has 1 atom stereocenters. The quantitative estimate of drug-likeness (QED) is 0.559. The van der Waals surface area contributed by atoms with Crippen LogP contribution in [0.25, 0.3) is 0 Å². The van der Waals surface area contributed by atoms with Gasteiger partial charge in [0, 0.05) is 0 Å². The molecule has 0 bridgehead atoms. The van der Waals surface area contributed by atoms with Crippen molar-refractivity contribution in [1.82, 2.24) is 0 Å². The summed E-state index contributed by atoms with van der Waals surface area (Å²) in [7, 11) is 0. The van der Waals surface area contributed by atoms with E-state index in [-0.39, 0.29) is 11.5 Å². The molecule has 0 spiro atoms. The minimum Gasteiger partial charge on any atom is -0.384 e. The minimum atomic E-state index is -0.295. The lowest BCUT2D eigenvalue weighted by atomic mass is 9.92. The number of hydrogen-bond donors (Lipinski definition) is 1. The highest BCUT2D eigenvalue weighted by Gasteiger charge is 2.24. The van der Waals surface area contributed by atoms with E-state index < -0.39 is 0 Å². The maximum atomic E-state index is 10.2. The van der Waals surface area contributed by atoms with Gasteiger partial charge in [0.25, 0.3) is 0 Å². The summed E-state index contributed by atoms with van der Waals surface area (Å²) in [5, 5.41) is 10.2. The van der Waals surface area contributed by atoms with Crippen molar-refractivity contribution in [2.75, 3.05) is 0 Å². The van der Waals surface area contributed by atoms with Crippen LogP contribution in [0.4, 0.5) is 0 Å². The number of aliphatic hydroxyl groups excluding tert-OH is 1. The summed E-state index contributed by atoms with van der Waals surface area (Å²) in [6, 6.07) is 0. The molecule has 1 unspecified atom stereocenters. The Bertz CT molecular complexity index is 278. The molecule has 0 aromatic heterocycles. The molecule has 1 aliphatic rings. The van der Waals surface area contributed by atoms with Crippen LogP contribution >= 0.6 is 0 Å². The Kier molecular flexibility index (Phi) is 4.79. The monoisotopic (exact) mass is 222 g/mol. The first-order valence-corrected chi connectivity index (χ1v) is 6.52. The number of rotatable bonds is 3. The summed E-state index contributed by atoms with van der Waals surface area (Å²) in [4.78, 5) is 0. The van der Waals surface area contributed by atoms with E-state index in [1.54, 1.807) is 0 Å². The van der Waals surface area contributed by atoms with Gasteiger partial charge in [-0.25, -0.2) is 0 Å². The first-order valence-electron chi connectivity index (χ1n) is 6.52. The zero-order chi connectivity index (χ0) is 12.2. The van der Waals surface area contributed by atoms with Gasteiger partial charge in [0.1, 0.15) is 0 Å². The lowest BCUT2D eigenvalue weighted by Crippen LogP contribution is -2.09. The number of aliphatic hydroxyl groups is 1. The first-order chi connectivity index (χ1) is 7.44. The molecule has 0 aliphatic heterocycles. The third-order valence-electron chi connectivity index (χ3n) is 2.99. The van der Waals surface area contributed by atoms with Crippen molar-refractivity contribution in [3.05, 3.63) is 23.3 Å². The van der Waals surface area contributed by atoms with E-state index in [4.69, 9.17) is 0 Å². The largest absolute Gasteiger partial charge is 0.384 e. The average molecular weight is 222 g/mol. The molecule has 0 saturated heterocycles. The van der Waals surface area contributed by atoms with Crippen LogP contribution in [0.5, 0.6) is 0 Å². The summed E-state index contributed by atoms with van der Waals surface area (Å²) in [6.07, 6.45) is 9.85. The highest BCUT2D eigenvalue weighted by Crippen LogP contribution is 2.33. The standard InChI is InChI=1S/C15H26O/c1-5-6-7-8-12-9-10-13(14(12)16)11-15(2,3)4/h8,11,14,16H,5-7,9-10H2,1-4H3. The fourth-order valence-electron chi connectivity index (χ4n) is 2.21. The molecule has 1 rings (SSSR count). The molecule has 0 aromatic carbocycles. The summed E-state index contributed by atoms with van der Waals surface area (Å²) in [5.74, 6) is 0. The van der Waals surface area contributed by atoms with Crippen molar-refractivity contribution >= 4 is 0 Å². The number of unbranched alkanes of at least 4 members (excludes halogenated alkanes) is 2. The Hall–Kier alpha value is -0.560. The molecule has 1 N–H and O–H groups in total. The number of hydrogen-bond acceptors (Lipinski definition) is 1. The highest BCUT2D eigenvalue weighted by atomic mass is 16.3. The molecular formula is C15H26O. The predicted molar refractivity (Wildman–Crippen MR) is 70.4 cm³/mol. The van der Waals surface area contributed by atoms with Crippen LogP contribution in [0.1, 0.15) is 59.8 Å². The van der Waals surface area contributed by atoms with Gasteiger partial charge < -0.3 is 5.11 Å². The van der Waals surface area contributed by atoms with Crippen LogP contribution < -0.4 is 0 Å². The zero-order valence-electron chi connectivity index (χ0n) is 11.2. The summed E-state index contributed by atoms with van der Waals surface area (Å²) < 4.78 is 0. The third kappa shape index (κ3) is 4.13. The molecule has 0 heterocycles.